The van der Waals surface area contributed by atoms with Crippen LogP contribution in [0.4, 0.5) is 9.59 Å². The minimum Gasteiger partial charge on any atom is -0.465 e. The smallest absolute Gasteiger partial charge is 0.407 e. The molecule has 1 aliphatic heterocycles. The first-order valence-electron chi connectivity index (χ1n) is 38.3. The van der Waals surface area contributed by atoms with Gasteiger partial charge in [0.25, 0.3) is 0 Å². The predicted octanol–water partition coefficient (Wildman–Crippen LogP) is 11.3. The molecular weight excluding hydrogens is 1500 g/mol. The molecule has 2 amide bonds. The molecule has 0 bridgehead atoms. The summed E-state index contributed by atoms with van der Waals surface area (Å²) in [5, 5.41) is 5.33. The second kappa shape index (κ2) is 45.3. The molecule has 1 saturated carbocycles. The number of carbonyl (C=O) groups excluding carboxylic acids is 12. The van der Waals surface area contributed by atoms with E-state index in [0.29, 0.717) is 12.8 Å². The summed E-state index contributed by atoms with van der Waals surface area (Å²) in [7, 11) is 0. The number of benzene rings is 6. The fraction of sp³-hybridized carbons (Fsp3) is 0.425. The number of hydrogen-bond donors (Lipinski definition) is 2. The van der Waals surface area contributed by atoms with Crippen molar-refractivity contribution >= 4 is 71.9 Å². The third kappa shape index (κ3) is 26.6. The van der Waals surface area contributed by atoms with Crippen LogP contribution in [-0.4, -0.2) is 179 Å². The summed E-state index contributed by atoms with van der Waals surface area (Å²) in [6.07, 6.45) is -8.55. The normalized spacial score (nSPS) is 19.9. The molecular formula is C87H100N2O27. The van der Waals surface area contributed by atoms with Crippen LogP contribution in [0.5, 0.6) is 0 Å². The maximum atomic E-state index is 13.4. The van der Waals surface area contributed by atoms with Gasteiger partial charge in [-0.05, 0) is 87.7 Å². The van der Waals surface area contributed by atoms with Gasteiger partial charge in [0.2, 0.25) is 0 Å². The number of fused-ring (bicyclic) bond motifs is 6. The Balaban J connectivity index is 0.000000284. The van der Waals surface area contributed by atoms with Crippen molar-refractivity contribution in [1.82, 2.24) is 10.6 Å². The minimum atomic E-state index is -1.41. The maximum Gasteiger partial charge on any atom is 0.407 e. The Morgan fingerprint density at radius 2 is 0.776 bits per heavy atom. The van der Waals surface area contributed by atoms with Crippen molar-refractivity contribution in [1.29, 1.82) is 0 Å². The van der Waals surface area contributed by atoms with Crippen molar-refractivity contribution in [2.24, 2.45) is 5.92 Å². The molecule has 29 heteroatoms. The summed E-state index contributed by atoms with van der Waals surface area (Å²) in [4.78, 5) is 149. The van der Waals surface area contributed by atoms with Crippen molar-refractivity contribution in [3.63, 3.8) is 0 Å². The molecule has 0 spiro atoms. The number of ether oxygens (including phenoxy) is 15. The number of alkyl carbamates (subject to hydrolysis) is 2. The van der Waals surface area contributed by atoms with E-state index >= 15 is 0 Å². The second-order valence-electron chi connectivity index (χ2n) is 27.3. The van der Waals surface area contributed by atoms with Crippen LogP contribution >= 0.6 is 0 Å². The van der Waals surface area contributed by atoms with Gasteiger partial charge in [-0.3, -0.25) is 38.4 Å². The summed E-state index contributed by atoms with van der Waals surface area (Å²) >= 11 is 0. The molecule has 6 aromatic carbocycles. The topological polar surface area (TPSA) is 367 Å². The molecule has 1 saturated heterocycles. The molecule has 6 aromatic rings. The van der Waals surface area contributed by atoms with Gasteiger partial charge < -0.3 is 81.7 Å². The lowest BCUT2D eigenvalue weighted by atomic mass is 9.80. The van der Waals surface area contributed by atoms with Crippen LogP contribution in [-0.2, 0) is 132 Å². The molecule has 620 valence electrons. The Hall–Kier alpha value is -11.8. The fourth-order valence-electron chi connectivity index (χ4n) is 13.9. The van der Waals surface area contributed by atoms with Crippen molar-refractivity contribution in [2.45, 2.75) is 194 Å². The summed E-state index contributed by atoms with van der Waals surface area (Å²) in [6, 6.07) is 47.8. The number of unbranched alkanes of at least 4 members (excludes halogenated alkanes) is 1. The van der Waals surface area contributed by atoms with E-state index in [2.05, 4.69) is 10.6 Å². The van der Waals surface area contributed by atoms with E-state index in [4.69, 9.17) is 71.1 Å². The Morgan fingerprint density at radius 3 is 1.23 bits per heavy atom. The van der Waals surface area contributed by atoms with E-state index in [1.807, 2.05) is 159 Å². The molecule has 0 aromatic heterocycles. The number of nitrogens with one attached hydrogen (secondary N) is 2. The lowest BCUT2D eigenvalue weighted by Gasteiger charge is -2.44. The maximum absolute atomic E-state index is 13.4. The molecule has 4 unspecified atom stereocenters. The van der Waals surface area contributed by atoms with Gasteiger partial charge in [0, 0.05) is 79.8 Å². The van der Waals surface area contributed by atoms with E-state index in [1.165, 1.54) is 40.7 Å². The van der Waals surface area contributed by atoms with E-state index in [1.54, 1.807) is 18.2 Å². The molecule has 1 heterocycles. The molecule has 3 aliphatic carbocycles. The van der Waals surface area contributed by atoms with E-state index in [-0.39, 0.29) is 77.3 Å². The molecule has 29 nitrogen and oxygen atoms in total. The molecule has 2 N–H and O–H groups in total. The molecule has 12 atom stereocenters. The van der Waals surface area contributed by atoms with Crippen LogP contribution in [0.2, 0.25) is 0 Å². The van der Waals surface area contributed by atoms with E-state index in [9.17, 15) is 57.5 Å². The van der Waals surface area contributed by atoms with Crippen LogP contribution < -0.4 is 10.6 Å². The summed E-state index contributed by atoms with van der Waals surface area (Å²) in [6.45, 7) is 12.7. The largest absolute Gasteiger partial charge is 0.465 e. The zero-order valence-corrected chi connectivity index (χ0v) is 66.5. The molecule has 2 fully saturated rings. The Bertz CT molecular complexity index is 4270. The van der Waals surface area contributed by atoms with Crippen LogP contribution in [0, 0.1) is 5.92 Å². The van der Waals surface area contributed by atoms with Gasteiger partial charge in [0.1, 0.15) is 57.3 Å². The highest BCUT2D eigenvalue weighted by molar-refractivity contribution is 5.84. The van der Waals surface area contributed by atoms with E-state index in [0.717, 1.165) is 76.4 Å². The average molecular weight is 1610 g/mol. The highest BCUT2D eigenvalue weighted by atomic mass is 16.7. The highest BCUT2D eigenvalue weighted by Crippen LogP contribution is 2.46. The third-order valence-electron chi connectivity index (χ3n) is 18.8. The van der Waals surface area contributed by atoms with Crippen LogP contribution in [0.15, 0.2) is 170 Å². The molecule has 0 radical (unpaired) electrons. The number of rotatable bonds is 33. The van der Waals surface area contributed by atoms with Crippen molar-refractivity contribution < 1.29 is 129 Å². The third-order valence-corrected chi connectivity index (χ3v) is 18.8. The van der Waals surface area contributed by atoms with Gasteiger partial charge in [-0.1, -0.05) is 184 Å². The Kier molecular flexibility index (Phi) is 35.1. The average Bonchev–Trinajstić information content (AvgIpc) is 1.57. The Morgan fingerprint density at radius 1 is 0.388 bits per heavy atom. The summed E-state index contributed by atoms with van der Waals surface area (Å²) in [5.74, 6) is -7.98. The first-order chi connectivity index (χ1) is 55.8. The van der Waals surface area contributed by atoms with Gasteiger partial charge in [0.05, 0.1) is 19.3 Å². The number of esters is 10. The van der Waals surface area contributed by atoms with Crippen molar-refractivity contribution in [3.8, 4) is 22.3 Å². The number of hydrogen-bond acceptors (Lipinski definition) is 27. The van der Waals surface area contributed by atoms with Gasteiger partial charge in [-0.25, -0.2) is 19.2 Å². The SMILES string of the molecule is CC.CC(=O)OCC1C[C@H](OCCCC[C@H](NC(=O)OCC2c3ccccc3-c3ccccc32)C(=O)OCc2ccccc2)C(OC(C)=O)[C@@H](OC(C)=O)[C@H]1OC(C)=O.CC(=O)OCC1O[C@H](OCC=CC[C@H](NC(=O)OCC2c3ccccc3-c3ccccc32)C(=O)OCc2ccccc2)C(OC(C)=O)[C@@H](OC(C)=O)[C@H]1OC(C)=O. The number of carbonyl (C=O) groups is 12. The summed E-state index contributed by atoms with van der Waals surface area (Å²) < 4.78 is 83.8. The van der Waals surface area contributed by atoms with Crippen LogP contribution in [0.25, 0.3) is 22.3 Å². The summed E-state index contributed by atoms with van der Waals surface area (Å²) in [5.41, 5.74) is 10.0. The van der Waals surface area contributed by atoms with Crippen molar-refractivity contribution in [3.05, 3.63) is 203 Å². The van der Waals surface area contributed by atoms with Gasteiger partial charge >= 0.3 is 71.9 Å². The first-order valence-corrected chi connectivity index (χ1v) is 38.3. The lowest BCUT2D eigenvalue weighted by molar-refractivity contribution is -0.305. The zero-order valence-electron chi connectivity index (χ0n) is 66.5. The standard InChI is InChI=1S/C43H49NO13.C42H45NO14.C2H6/c1-26(45)52-24-31-22-38(40(56-28(3)47)41(57-29(4)48)39(31)55-27(2)46)51-21-13-12-20-37(42(49)53-23-30-14-6-5-7-15-30)44-43(50)54-25-36-34-18-10-8-16-32(34)33-17-9-11-19-35(33)36;1-25(44)51-24-36-37(54-26(2)45)38(55-27(3)46)39(56-28(4)47)41(57-36)50-21-13-12-20-35(40(48)52-22-29-14-6-5-7-15-29)43-42(49)53-23-34-32-18-10-8-16-30(32)31-17-9-11-19-33(31)34;1-2/h5-11,14-19,31,36-41H,12-13,20-25H2,1-4H3,(H,44,50);5-19,34-39,41H,20-24H2,1-4H3,(H,43,49);1-2H3/t31?,37-,38-,39-,40?,41-;35-,36?,37-,38-,39?,41-;/m00./s1. The monoisotopic (exact) mass is 1600 g/mol. The Labute approximate surface area is 672 Å². The first kappa shape index (κ1) is 89.7. The lowest BCUT2D eigenvalue weighted by Crippen LogP contribution is -2.62. The fourth-order valence-corrected chi connectivity index (χ4v) is 13.9. The number of amides is 2. The predicted molar refractivity (Wildman–Crippen MR) is 414 cm³/mol. The van der Waals surface area contributed by atoms with Gasteiger partial charge in [-0.15, -0.1) is 0 Å². The van der Waals surface area contributed by atoms with E-state index < -0.39 is 152 Å². The molecule has 10 rings (SSSR count). The quantitative estimate of drug-likeness (QED) is 0.0167. The molecule has 116 heavy (non-hydrogen) atoms. The van der Waals surface area contributed by atoms with Gasteiger partial charge in [-0.2, -0.15) is 0 Å². The zero-order chi connectivity index (χ0) is 83.8. The van der Waals surface area contributed by atoms with Crippen LogP contribution in [0.3, 0.4) is 0 Å². The van der Waals surface area contributed by atoms with Crippen molar-refractivity contribution in [2.75, 3.05) is 39.6 Å². The van der Waals surface area contributed by atoms with Crippen LogP contribution in [0.1, 0.15) is 147 Å². The van der Waals surface area contributed by atoms with Gasteiger partial charge in [0.15, 0.2) is 36.8 Å². The highest BCUT2D eigenvalue weighted by Gasteiger charge is 2.54. The molecule has 4 aliphatic rings. The second-order valence-corrected chi connectivity index (χ2v) is 27.3. The minimum absolute atomic E-state index is 0.0111.